The SMILES string of the molecule is c1coc(-c2nnc3n2CCC3)c1. The van der Waals surface area contributed by atoms with Crippen molar-refractivity contribution in [3.05, 3.63) is 24.2 Å². The largest absolute Gasteiger partial charge is 0.461 e. The second-order valence-corrected chi connectivity index (χ2v) is 3.17. The van der Waals surface area contributed by atoms with E-state index < -0.39 is 0 Å². The second-order valence-electron chi connectivity index (χ2n) is 3.17. The third kappa shape index (κ3) is 0.915. The highest BCUT2D eigenvalue weighted by atomic mass is 16.3. The van der Waals surface area contributed by atoms with Gasteiger partial charge in [0, 0.05) is 13.0 Å². The van der Waals surface area contributed by atoms with Gasteiger partial charge < -0.3 is 8.98 Å². The highest BCUT2D eigenvalue weighted by molar-refractivity contribution is 5.47. The van der Waals surface area contributed by atoms with E-state index in [-0.39, 0.29) is 0 Å². The number of furan rings is 1. The van der Waals surface area contributed by atoms with Crippen LogP contribution in [0.5, 0.6) is 0 Å². The number of aryl methyl sites for hydroxylation is 1. The molecule has 0 saturated carbocycles. The molecule has 0 amide bonds. The average molecular weight is 175 g/mol. The van der Waals surface area contributed by atoms with Crippen molar-refractivity contribution in [3.8, 4) is 11.6 Å². The molecule has 0 radical (unpaired) electrons. The number of aromatic nitrogens is 3. The molecule has 2 aromatic heterocycles. The highest BCUT2D eigenvalue weighted by Crippen LogP contribution is 2.22. The van der Waals surface area contributed by atoms with Gasteiger partial charge in [-0.05, 0) is 18.6 Å². The molecule has 0 atom stereocenters. The maximum Gasteiger partial charge on any atom is 0.199 e. The average Bonchev–Trinajstić information content (AvgIpc) is 2.79. The van der Waals surface area contributed by atoms with Crippen LogP contribution in [0.25, 0.3) is 11.6 Å². The maximum absolute atomic E-state index is 5.28. The van der Waals surface area contributed by atoms with Crippen molar-refractivity contribution in [2.75, 3.05) is 0 Å². The molecule has 1 aliphatic rings. The van der Waals surface area contributed by atoms with Crippen molar-refractivity contribution in [2.45, 2.75) is 19.4 Å². The summed E-state index contributed by atoms with van der Waals surface area (Å²) < 4.78 is 7.40. The standard InChI is InChI=1S/C9H9N3O/c1-4-8-10-11-9(12(8)5-1)7-3-2-6-13-7/h2-3,6H,1,4-5H2. The molecule has 3 heterocycles. The van der Waals surface area contributed by atoms with E-state index >= 15 is 0 Å². The molecule has 4 nitrogen and oxygen atoms in total. The molecule has 13 heavy (non-hydrogen) atoms. The van der Waals surface area contributed by atoms with Gasteiger partial charge in [-0.1, -0.05) is 0 Å². The summed E-state index contributed by atoms with van der Waals surface area (Å²) in [7, 11) is 0. The van der Waals surface area contributed by atoms with Crippen LogP contribution >= 0.6 is 0 Å². The molecule has 0 N–H and O–H groups in total. The van der Waals surface area contributed by atoms with Gasteiger partial charge in [-0.15, -0.1) is 10.2 Å². The lowest BCUT2D eigenvalue weighted by molar-refractivity contribution is 0.570. The van der Waals surface area contributed by atoms with Gasteiger partial charge in [0.05, 0.1) is 6.26 Å². The summed E-state index contributed by atoms with van der Waals surface area (Å²) in [5.41, 5.74) is 0. The smallest absolute Gasteiger partial charge is 0.199 e. The van der Waals surface area contributed by atoms with E-state index in [1.54, 1.807) is 6.26 Å². The lowest BCUT2D eigenvalue weighted by Gasteiger charge is -1.97. The van der Waals surface area contributed by atoms with Crippen LogP contribution in [0.1, 0.15) is 12.2 Å². The third-order valence-corrected chi connectivity index (χ3v) is 2.35. The first-order valence-electron chi connectivity index (χ1n) is 4.41. The monoisotopic (exact) mass is 175 g/mol. The lowest BCUT2D eigenvalue weighted by Crippen LogP contribution is -1.94. The van der Waals surface area contributed by atoms with E-state index in [4.69, 9.17) is 4.42 Å². The van der Waals surface area contributed by atoms with E-state index in [2.05, 4.69) is 14.8 Å². The molecule has 0 unspecified atom stereocenters. The zero-order valence-electron chi connectivity index (χ0n) is 7.10. The van der Waals surface area contributed by atoms with E-state index in [0.29, 0.717) is 0 Å². The van der Waals surface area contributed by atoms with Gasteiger partial charge >= 0.3 is 0 Å². The van der Waals surface area contributed by atoms with Crippen LogP contribution in [-0.2, 0) is 13.0 Å². The molecule has 0 bridgehead atoms. The predicted octanol–water partition coefficient (Wildman–Crippen LogP) is 1.48. The molecule has 0 spiro atoms. The molecule has 2 aromatic rings. The number of hydrogen-bond donors (Lipinski definition) is 0. The fraction of sp³-hybridized carbons (Fsp3) is 0.333. The van der Waals surface area contributed by atoms with Gasteiger partial charge in [-0.2, -0.15) is 0 Å². The van der Waals surface area contributed by atoms with Crippen molar-refractivity contribution in [3.63, 3.8) is 0 Å². The molecule has 66 valence electrons. The summed E-state index contributed by atoms with van der Waals surface area (Å²) >= 11 is 0. The Morgan fingerprint density at radius 2 is 2.38 bits per heavy atom. The normalized spacial score (nSPS) is 14.8. The molecule has 0 aromatic carbocycles. The number of rotatable bonds is 1. The minimum absolute atomic E-state index is 0.806. The summed E-state index contributed by atoms with van der Waals surface area (Å²) in [6, 6.07) is 3.78. The van der Waals surface area contributed by atoms with Crippen molar-refractivity contribution in [2.24, 2.45) is 0 Å². The molecular weight excluding hydrogens is 166 g/mol. The highest BCUT2D eigenvalue weighted by Gasteiger charge is 2.19. The van der Waals surface area contributed by atoms with Crippen LogP contribution in [0.15, 0.2) is 22.8 Å². The zero-order valence-corrected chi connectivity index (χ0v) is 7.10. The van der Waals surface area contributed by atoms with Gasteiger partial charge in [0.2, 0.25) is 0 Å². The fourth-order valence-corrected chi connectivity index (χ4v) is 1.74. The van der Waals surface area contributed by atoms with Crippen molar-refractivity contribution < 1.29 is 4.42 Å². The summed E-state index contributed by atoms with van der Waals surface area (Å²) in [6.07, 6.45) is 3.86. The number of nitrogens with zero attached hydrogens (tertiary/aromatic N) is 3. The Bertz CT molecular complexity index is 416. The van der Waals surface area contributed by atoms with Crippen LogP contribution in [0.3, 0.4) is 0 Å². The second kappa shape index (κ2) is 2.45. The Morgan fingerprint density at radius 3 is 3.23 bits per heavy atom. The molecule has 3 rings (SSSR count). The number of fused-ring (bicyclic) bond motifs is 1. The zero-order chi connectivity index (χ0) is 8.67. The minimum atomic E-state index is 0.806. The van der Waals surface area contributed by atoms with Crippen LogP contribution < -0.4 is 0 Å². The molecule has 4 heteroatoms. The Kier molecular flexibility index (Phi) is 1.30. The third-order valence-electron chi connectivity index (χ3n) is 2.35. The fourth-order valence-electron chi connectivity index (χ4n) is 1.74. The first-order valence-corrected chi connectivity index (χ1v) is 4.41. The minimum Gasteiger partial charge on any atom is -0.461 e. The molecule has 0 aliphatic carbocycles. The van der Waals surface area contributed by atoms with Gasteiger partial charge in [0.15, 0.2) is 11.6 Å². The van der Waals surface area contributed by atoms with Crippen LogP contribution in [-0.4, -0.2) is 14.8 Å². The van der Waals surface area contributed by atoms with Gasteiger partial charge in [0.1, 0.15) is 5.82 Å². The number of hydrogen-bond acceptors (Lipinski definition) is 3. The summed E-state index contributed by atoms with van der Waals surface area (Å²) in [5.74, 6) is 2.74. The molecule has 0 saturated heterocycles. The van der Waals surface area contributed by atoms with Crippen LogP contribution in [0.2, 0.25) is 0 Å². The summed E-state index contributed by atoms with van der Waals surface area (Å²) in [6.45, 7) is 1.01. The predicted molar refractivity (Wildman–Crippen MR) is 46.0 cm³/mol. The van der Waals surface area contributed by atoms with Crippen molar-refractivity contribution in [1.29, 1.82) is 0 Å². The first kappa shape index (κ1) is 6.88. The van der Waals surface area contributed by atoms with Gasteiger partial charge in [0.25, 0.3) is 0 Å². The Balaban J connectivity index is 2.16. The van der Waals surface area contributed by atoms with E-state index in [0.717, 1.165) is 30.4 Å². The molecular formula is C9H9N3O. The van der Waals surface area contributed by atoms with Gasteiger partial charge in [-0.3, -0.25) is 0 Å². The summed E-state index contributed by atoms with van der Waals surface area (Å²) in [5, 5.41) is 8.21. The van der Waals surface area contributed by atoms with E-state index in [1.807, 2.05) is 12.1 Å². The van der Waals surface area contributed by atoms with Crippen LogP contribution in [0.4, 0.5) is 0 Å². The lowest BCUT2D eigenvalue weighted by atomic mass is 10.4. The van der Waals surface area contributed by atoms with Crippen molar-refractivity contribution in [1.82, 2.24) is 14.8 Å². The Labute approximate surface area is 75.2 Å². The molecule has 0 fully saturated rings. The molecule has 1 aliphatic heterocycles. The summed E-state index contributed by atoms with van der Waals surface area (Å²) in [4.78, 5) is 0. The van der Waals surface area contributed by atoms with E-state index in [9.17, 15) is 0 Å². The first-order chi connectivity index (χ1) is 6.45. The van der Waals surface area contributed by atoms with E-state index in [1.165, 1.54) is 6.42 Å². The van der Waals surface area contributed by atoms with Gasteiger partial charge in [-0.25, -0.2) is 0 Å². The topological polar surface area (TPSA) is 43.9 Å². The Morgan fingerprint density at radius 1 is 1.38 bits per heavy atom. The maximum atomic E-state index is 5.28. The van der Waals surface area contributed by atoms with Crippen molar-refractivity contribution >= 4 is 0 Å². The Hall–Kier alpha value is -1.58. The van der Waals surface area contributed by atoms with Crippen LogP contribution in [0, 0.1) is 0 Å². The quantitative estimate of drug-likeness (QED) is 0.659.